The molecule has 1 amide bonds. The molecule has 1 aromatic carbocycles. The van der Waals surface area contributed by atoms with Crippen molar-refractivity contribution in [1.29, 1.82) is 0 Å². The van der Waals surface area contributed by atoms with Crippen molar-refractivity contribution in [2.24, 2.45) is 28.1 Å². The van der Waals surface area contributed by atoms with Crippen molar-refractivity contribution in [2.45, 2.75) is 37.6 Å². The van der Waals surface area contributed by atoms with E-state index in [0.717, 1.165) is 24.6 Å². The monoisotopic (exact) mass is 525 g/mol. The highest BCUT2D eigenvalue weighted by Gasteiger charge is 2.23. The SMILES string of the molecule is C=C/C=C\C(N)c1cc(-c2cc(C(F)F)ncc2OC)c(C(=O)N=C(N)SC(N)C#CC2CC2)cc1C. The summed E-state index contributed by atoms with van der Waals surface area (Å²) in [6.07, 6.45) is 5.49. The van der Waals surface area contributed by atoms with Crippen LogP contribution in [-0.4, -0.2) is 28.5 Å². The van der Waals surface area contributed by atoms with E-state index < -0.39 is 29.4 Å². The summed E-state index contributed by atoms with van der Waals surface area (Å²) in [4.78, 5) is 21.1. The lowest BCUT2D eigenvalue weighted by Gasteiger charge is -2.18. The van der Waals surface area contributed by atoms with Gasteiger partial charge in [0, 0.05) is 17.5 Å². The van der Waals surface area contributed by atoms with Crippen LogP contribution in [0, 0.1) is 24.7 Å². The van der Waals surface area contributed by atoms with Crippen LogP contribution in [0.3, 0.4) is 0 Å². The van der Waals surface area contributed by atoms with Crippen LogP contribution in [0.2, 0.25) is 0 Å². The molecule has 0 aliphatic heterocycles. The standard InChI is InChI=1S/C27H29F2N5O2S/c1-4-5-6-21(30)17-12-18(19-13-22(25(28)29)33-14-23(19)36-3)20(11-15(17)2)26(35)34-27(32)37-24(31)10-9-16-7-8-16/h4-6,11-14,16,21,24-25H,1,7-8,30-31H2,2-3H3,(H2,32,34,35)/b6-5-. The minimum atomic E-state index is -2.82. The molecule has 10 heteroatoms. The molecule has 2 atom stereocenters. The van der Waals surface area contributed by atoms with E-state index in [4.69, 9.17) is 21.9 Å². The van der Waals surface area contributed by atoms with Gasteiger partial charge >= 0.3 is 0 Å². The van der Waals surface area contributed by atoms with Crippen molar-refractivity contribution >= 4 is 22.8 Å². The molecular weight excluding hydrogens is 496 g/mol. The average molecular weight is 526 g/mol. The molecule has 1 fully saturated rings. The maximum Gasteiger partial charge on any atom is 0.280 e. The number of aliphatic imine (C=N–C) groups is 1. The molecule has 6 N–H and O–H groups in total. The van der Waals surface area contributed by atoms with Gasteiger partial charge in [0.05, 0.1) is 18.9 Å². The number of aromatic nitrogens is 1. The van der Waals surface area contributed by atoms with Crippen LogP contribution in [0.5, 0.6) is 5.75 Å². The number of aryl methyl sites for hydroxylation is 1. The van der Waals surface area contributed by atoms with Gasteiger partial charge in [-0.25, -0.2) is 8.78 Å². The van der Waals surface area contributed by atoms with Gasteiger partial charge in [-0.15, -0.1) is 0 Å². The Kier molecular flexibility index (Phi) is 9.58. The first-order chi connectivity index (χ1) is 17.6. The number of hydrogen-bond acceptors (Lipinski definition) is 6. The second-order valence-electron chi connectivity index (χ2n) is 8.37. The smallest absolute Gasteiger partial charge is 0.280 e. The zero-order valence-corrected chi connectivity index (χ0v) is 21.4. The van der Waals surface area contributed by atoms with Crippen molar-refractivity contribution < 1.29 is 18.3 Å². The number of thioether (sulfide) groups is 1. The maximum atomic E-state index is 13.5. The Morgan fingerprint density at radius 1 is 1.30 bits per heavy atom. The molecule has 37 heavy (non-hydrogen) atoms. The van der Waals surface area contributed by atoms with Crippen LogP contribution in [0.4, 0.5) is 8.78 Å². The van der Waals surface area contributed by atoms with Crippen LogP contribution in [0.15, 0.2) is 54.2 Å². The average Bonchev–Trinajstić information content (AvgIpc) is 3.70. The number of allylic oxidation sites excluding steroid dienone is 2. The lowest BCUT2D eigenvalue weighted by molar-refractivity contribution is 0.100. The summed E-state index contributed by atoms with van der Waals surface area (Å²) in [5.74, 6) is 5.84. The van der Waals surface area contributed by atoms with Crippen LogP contribution in [0.25, 0.3) is 11.1 Å². The number of alkyl halides is 2. The first kappa shape index (κ1) is 28.1. The molecule has 194 valence electrons. The number of ether oxygens (including phenoxy) is 1. The molecule has 1 heterocycles. The highest BCUT2D eigenvalue weighted by Crippen LogP contribution is 2.37. The highest BCUT2D eigenvalue weighted by molar-refractivity contribution is 8.14. The fraction of sp³-hybridized carbons (Fsp3) is 0.296. The molecule has 3 rings (SSSR count). The van der Waals surface area contributed by atoms with Gasteiger partial charge in [-0.3, -0.25) is 9.78 Å². The third kappa shape index (κ3) is 7.49. The van der Waals surface area contributed by atoms with Crippen LogP contribution >= 0.6 is 11.8 Å². The quantitative estimate of drug-likeness (QED) is 0.151. The molecule has 0 spiro atoms. The molecule has 0 radical (unpaired) electrons. The normalized spacial score (nSPS) is 15.3. The van der Waals surface area contributed by atoms with E-state index in [1.807, 2.05) is 0 Å². The predicted molar refractivity (Wildman–Crippen MR) is 144 cm³/mol. The number of halogens is 2. The number of rotatable bonds is 8. The summed E-state index contributed by atoms with van der Waals surface area (Å²) in [5, 5.41) is -0.694. The summed E-state index contributed by atoms with van der Waals surface area (Å²) in [5.41, 5.74) is 19.9. The third-order valence-electron chi connectivity index (χ3n) is 5.54. The number of pyridine rings is 1. The molecule has 0 bridgehead atoms. The molecule has 2 unspecified atom stereocenters. The Morgan fingerprint density at radius 2 is 2.03 bits per heavy atom. The number of carbonyl (C=O) groups excluding carboxylic acids is 1. The van der Waals surface area contributed by atoms with Gasteiger partial charge < -0.3 is 21.9 Å². The molecule has 2 aromatic rings. The molecule has 0 saturated heterocycles. The first-order valence-corrected chi connectivity index (χ1v) is 12.4. The lowest BCUT2D eigenvalue weighted by atomic mass is 9.90. The van der Waals surface area contributed by atoms with Gasteiger partial charge in [0.15, 0.2) is 5.17 Å². The number of benzene rings is 1. The van der Waals surface area contributed by atoms with Gasteiger partial charge in [-0.2, -0.15) is 4.99 Å². The van der Waals surface area contributed by atoms with Crippen molar-refractivity contribution in [3.8, 4) is 28.7 Å². The van der Waals surface area contributed by atoms with Crippen molar-refractivity contribution in [3.63, 3.8) is 0 Å². The number of methoxy groups -OCH3 is 1. The largest absolute Gasteiger partial charge is 0.494 e. The molecular formula is C27H29F2N5O2S. The Hall–Kier alpha value is -3.52. The summed E-state index contributed by atoms with van der Waals surface area (Å²) in [7, 11) is 1.38. The third-order valence-corrected chi connectivity index (χ3v) is 6.24. The second kappa shape index (κ2) is 12.6. The molecule has 1 aliphatic rings. The molecule has 7 nitrogen and oxygen atoms in total. The predicted octanol–water partition coefficient (Wildman–Crippen LogP) is 4.63. The second-order valence-corrected chi connectivity index (χ2v) is 9.53. The number of amides is 1. The fourth-order valence-corrected chi connectivity index (χ4v) is 4.03. The van der Waals surface area contributed by atoms with Crippen molar-refractivity contribution in [1.82, 2.24) is 4.98 Å². The zero-order chi connectivity index (χ0) is 27.1. The van der Waals surface area contributed by atoms with Crippen molar-refractivity contribution in [3.05, 3.63) is 71.6 Å². The Bertz CT molecular complexity index is 1300. The zero-order valence-electron chi connectivity index (χ0n) is 20.6. The summed E-state index contributed by atoms with van der Waals surface area (Å²) < 4.78 is 32.4. The minimum Gasteiger partial charge on any atom is -0.494 e. The molecule has 1 saturated carbocycles. The van der Waals surface area contributed by atoms with E-state index in [1.54, 1.807) is 37.3 Å². The number of carbonyl (C=O) groups is 1. The van der Waals surface area contributed by atoms with Gasteiger partial charge in [0.1, 0.15) is 16.8 Å². The topological polar surface area (TPSA) is 130 Å². The Balaban J connectivity index is 2.10. The van der Waals surface area contributed by atoms with E-state index >= 15 is 0 Å². The maximum absolute atomic E-state index is 13.5. The molecule has 1 aliphatic carbocycles. The number of nitrogens with two attached hydrogens (primary N) is 3. The van der Waals surface area contributed by atoms with Gasteiger partial charge in [0.25, 0.3) is 12.3 Å². The fourth-order valence-electron chi connectivity index (χ4n) is 3.51. The highest BCUT2D eigenvalue weighted by atomic mass is 32.2. The van der Waals surface area contributed by atoms with E-state index in [1.165, 1.54) is 19.4 Å². The van der Waals surface area contributed by atoms with Crippen LogP contribution in [-0.2, 0) is 0 Å². The summed E-state index contributed by atoms with van der Waals surface area (Å²) in [6, 6.07) is 3.91. The van der Waals surface area contributed by atoms with E-state index in [-0.39, 0.29) is 22.0 Å². The summed E-state index contributed by atoms with van der Waals surface area (Å²) in [6.45, 7) is 5.43. The van der Waals surface area contributed by atoms with Crippen molar-refractivity contribution in [2.75, 3.05) is 7.11 Å². The van der Waals surface area contributed by atoms with Gasteiger partial charge in [0.2, 0.25) is 0 Å². The van der Waals surface area contributed by atoms with Crippen LogP contribution in [0.1, 0.15) is 52.5 Å². The van der Waals surface area contributed by atoms with E-state index in [9.17, 15) is 13.6 Å². The Labute approximate surface area is 219 Å². The number of nitrogens with zero attached hydrogens (tertiary/aromatic N) is 2. The van der Waals surface area contributed by atoms with E-state index in [2.05, 4.69) is 28.4 Å². The van der Waals surface area contributed by atoms with Gasteiger partial charge in [-0.1, -0.05) is 48.4 Å². The number of hydrogen-bond donors (Lipinski definition) is 3. The Morgan fingerprint density at radius 3 is 2.65 bits per heavy atom. The minimum absolute atomic E-state index is 0.0594. The number of amidine groups is 1. The first-order valence-electron chi connectivity index (χ1n) is 11.5. The lowest BCUT2D eigenvalue weighted by Crippen LogP contribution is -2.21. The van der Waals surface area contributed by atoms with Gasteiger partial charge in [-0.05, 0) is 54.7 Å². The molecule has 1 aromatic heterocycles. The van der Waals surface area contributed by atoms with Crippen LogP contribution < -0.4 is 21.9 Å². The summed E-state index contributed by atoms with van der Waals surface area (Å²) >= 11 is 0.968. The van der Waals surface area contributed by atoms with E-state index in [0.29, 0.717) is 22.6 Å².